The molecule has 1 atom stereocenters. The van der Waals surface area contributed by atoms with Crippen molar-refractivity contribution in [2.24, 2.45) is 0 Å². The van der Waals surface area contributed by atoms with Crippen molar-refractivity contribution in [2.45, 2.75) is 32.2 Å². The summed E-state index contributed by atoms with van der Waals surface area (Å²) in [6.07, 6.45) is 5.79. The lowest BCUT2D eigenvalue weighted by molar-refractivity contribution is -0.124. The number of sulfonamides is 1. The second kappa shape index (κ2) is 7.04. The summed E-state index contributed by atoms with van der Waals surface area (Å²) in [5.41, 5.74) is 0. The summed E-state index contributed by atoms with van der Waals surface area (Å²) < 4.78 is 27.2. The van der Waals surface area contributed by atoms with Crippen molar-refractivity contribution in [1.82, 2.24) is 19.4 Å². The molecule has 1 saturated heterocycles. The quantitative estimate of drug-likeness (QED) is 0.788. The highest BCUT2D eigenvalue weighted by Crippen LogP contribution is 2.13. The van der Waals surface area contributed by atoms with Crippen LogP contribution in [0.15, 0.2) is 18.5 Å². The fraction of sp³-hybridized carbons (Fsp3) is 0.692. The van der Waals surface area contributed by atoms with Gasteiger partial charge in [-0.3, -0.25) is 9.48 Å². The van der Waals surface area contributed by atoms with E-state index in [-0.39, 0.29) is 18.2 Å². The Bertz CT molecular complexity index is 550. The van der Waals surface area contributed by atoms with Crippen LogP contribution in [0.25, 0.3) is 0 Å². The molecular weight excluding hydrogens is 292 g/mol. The maximum Gasteiger partial charge on any atom is 0.244 e. The zero-order valence-electron chi connectivity index (χ0n) is 12.2. The van der Waals surface area contributed by atoms with Gasteiger partial charge in [0.2, 0.25) is 15.9 Å². The molecule has 0 unspecified atom stereocenters. The van der Waals surface area contributed by atoms with E-state index < -0.39 is 16.1 Å². The van der Waals surface area contributed by atoms with Crippen molar-refractivity contribution in [3.8, 4) is 0 Å². The Balaban J connectivity index is 1.83. The van der Waals surface area contributed by atoms with Crippen LogP contribution in [0.4, 0.5) is 0 Å². The lowest BCUT2D eigenvalue weighted by Gasteiger charge is -2.18. The van der Waals surface area contributed by atoms with Crippen LogP contribution < -0.4 is 5.32 Å². The molecule has 1 fully saturated rings. The van der Waals surface area contributed by atoms with Gasteiger partial charge in [-0.25, -0.2) is 12.7 Å². The van der Waals surface area contributed by atoms with Crippen LogP contribution in [0.2, 0.25) is 0 Å². The maximum atomic E-state index is 12.1. The molecule has 1 aliphatic heterocycles. The maximum absolute atomic E-state index is 12.1. The van der Waals surface area contributed by atoms with E-state index in [1.807, 2.05) is 6.92 Å². The van der Waals surface area contributed by atoms with E-state index in [1.165, 1.54) is 4.31 Å². The summed E-state index contributed by atoms with van der Waals surface area (Å²) in [7, 11) is -3.25. The first-order chi connectivity index (χ1) is 10.0. The Morgan fingerprint density at radius 3 is 2.67 bits per heavy atom. The summed E-state index contributed by atoms with van der Waals surface area (Å²) >= 11 is 0. The monoisotopic (exact) mass is 314 g/mol. The molecule has 21 heavy (non-hydrogen) atoms. The summed E-state index contributed by atoms with van der Waals surface area (Å²) in [4.78, 5) is 12.1. The first-order valence-corrected chi connectivity index (χ1v) is 8.90. The predicted octanol–water partition coefficient (Wildman–Crippen LogP) is 0.376. The van der Waals surface area contributed by atoms with E-state index in [0.29, 0.717) is 19.5 Å². The SMILES string of the molecule is CC[C@@H](C(=O)NCCS(=O)(=O)N1CCCC1)n1cccn1. The zero-order chi connectivity index (χ0) is 15.3. The number of hydrogen-bond acceptors (Lipinski definition) is 4. The zero-order valence-corrected chi connectivity index (χ0v) is 13.1. The predicted molar refractivity (Wildman–Crippen MR) is 79.2 cm³/mol. The molecule has 1 amide bonds. The Kier molecular flexibility index (Phi) is 5.35. The summed E-state index contributed by atoms with van der Waals surface area (Å²) in [6, 6.07) is 1.36. The molecule has 0 bridgehead atoms. The first kappa shape index (κ1) is 16.0. The second-order valence-electron chi connectivity index (χ2n) is 5.12. The van der Waals surface area contributed by atoms with Gasteiger partial charge in [0.1, 0.15) is 6.04 Å². The molecule has 0 spiro atoms. The normalized spacial score (nSPS) is 17.8. The molecule has 1 aliphatic rings. The van der Waals surface area contributed by atoms with Crippen molar-refractivity contribution in [3.63, 3.8) is 0 Å². The Labute approximate surface area is 125 Å². The van der Waals surface area contributed by atoms with Gasteiger partial charge in [0, 0.05) is 32.0 Å². The van der Waals surface area contributed by atoms with E-state index in [2.05, 4.69) is 10.4 Å². The van der Waals surface area contributed by atoms with Gasteiger partial charge in [-0.15, -0.1) is 0 Å². The molecule has 1 N–H and O–H groups in total. The molecule has 1 aromatic rings. The topological polar surface area (TPSA) is 84.3 Å². The van der Waals surface area contributed by atoms with Crippen molar-refractivity contribution in [3.05, 3.63) is 18.5 Å². The number of rotatable bonds is 7. The van der Waals surface area contributed by atoms with Crippen molar-refractivity contribution in [1.29, 1.82) is 0 Å². The minimum Gasteiger partial charge on any atom is -0.353 e. The van der Waals surface area contributed by atoms with Crippen LogP contribution in [-0.2, 0) is 14.8 Å². The van der Waals surface area contributed by atoms with Gasteiger partial charge in [-0.05, 0) is 25.3 Å². The summed E-state index contributed by atoms with van der Waals surface area (Å²) in [5, 5.41) is 6.75. The van der Waals surface area contributed by atoms with Gasteiger partial charge in [0.05, 0.1) is 5.75 Å². The third kappa shape index (κ3) is 4.04. The van der Waals surface area contributed by atoms with E-state index >= 15 is 0 Å². The molecule has 2 rings (SSSR count). The molecule has 0 aromatic carbocycles. The fourth-order valence-corrected chi connectivity index (χ4v) is 3.91. The number of carbonyl (C=O) groups is 1. The van der Waals surface area contributed by atoms with Gasteiger partial charge in [0.15, 0.2) is 0 Å². The highest BCUT2D eigenvalue weighted by Gasteiger charge is 2.25. The Morgan fingerprint density at radius 2 is 2.10 bits per heavy atom. The van der Waals surface area contributed by atoms with Gasteiger partial charge < -0.3 is 5.32 Å². The van der Waals surface area contributed by atoms with Crippen LogP contribution in [0.1, 0.15) is 32.2 Å². The average molecular weight is 314 g/mol. The number of aromatic nitrogens is 2. The van der Waals surface area contributed by atoms with Crippen LogP contribution in [-0.4, -0.2) is 53.8 Å². The van der Waals surface area contributed by atoms with Gasteiger partial charge in [0.25, 0.3) is 0 Å². The fourth-order valence-electron chi connectivity index (χ4n) is 2.47. The van der Waals surface area contributed by atoms with Crippen LogP contribution in [0, 0.1) is 0 Å². The number of amides is 1. The lowest BCUT2D eigenvalue weighted by atomic mass is 10.2. The summed E-state index contributed by atoms with van der Waals surface area (Å²) in [6.45, 7) is 3.23. The molecule has 0 aliphatic carbocycles. The van der Waals surface area contributed by atoms with Crippen LogP contribution in [0.5, 0.6) is 0 Å². The highest BCUT2D eigenvalue weighted by atomic mass is 32.2. The molecule has 8 heteroatoms. The van der Waals surface area contributed by atoms with E-state index in [4.69, 9.17) is 0 Å². The highest BCUT2D eigenvalue weighted by molar-refractivity contribution is 7.89. The van der Waals surface area contributed by atoms with Gasteiger partial charge >= 0.3 is 0 Å². The third-order valence-corrected chi connectivity index (χ3v) is 5.52. The van der Waals surface area contributed by atoms with Crippen molar-refractivity contribution < 1.29 is 13.2 Å². The standard InChI is InChI=1S/C13H22N4O3S/c1-2-12(17-10-5-6-15-17)13(18)14-7-11-21(19,20)16-8-3-4-9-16/h5-6,10,12H,2-4,7-9,11H2,1H3,(H,14,18)/t12-/m0/s1. The van der Waals surface area contributed by atoms with Crippen molar-refractivity contribution in [2.75, 3.05) is 25.4 Å². The smallest absolute Gasteiger partial charge is 0.244 e. The van der Waals surface area contributed by atoms with E-state index in [9.17, 15) is 13.2 Å². The number of carbonyl (C=O) groups excluding carboxylic acids is 1. The molecule has 1 aromatic heterocycles. The molecular formula is C13H22N4O3S. The lowest BCUT2D eigenvalue weighted by Crippen LogP contribution is -2.38. The van der Waals surface area contributed by atoms with E-state index in [0.717, 1.165) is 12.8 Å². The van der Waals surface area contributed by atoms with Crippen LogP contribution >= 0.6 is 0 Å². The molecule has 2 heterocycles. The van der Waals surface area contributed by atoms with Crippen LogP contribution in [0.3, 0.4) is 0 Å². The Hall–Kier alpha value is -1.41. The number of nitrogens with one attached hydrogen (secondary N) is 1. The minimum absolute atomic E-state index is 0.0473. The molecule has 0 radical (unpaired) electrons. The Morgan fingerprint density at radius 1 is 1.38 bits per heavy atom. The number of hydrogen-bond donors (Lipinski definition) is 1. The average Bonchev–Trinajstić information content (AvgIpc) is 3.13. The summed E-state index contributed by atoms with van der Waals surface area (Å²) in [5.74, 6) is -0.244. The number of nitrogens with zero attached hydrogens (tertiary/aromatic N) is 3. The van der Waals surface area contributed by atoms with E-state index in [1.54, 1.807) is 23.1 Å². The largest absolute Gasteiger partial charge is 0.353 e. The minimum atomic E-state index is -3.25. The van der Waals surface area contributed by atoms with Gasteiger partial charge in [-0.2, -0.15) is 5.10 Å². The molecule has 0 saturated carbocycles. The molecule has 118 valence electrons. The van der Waals surface area contributed by atoms with Crippen molar-refractivity contribution >= 4 is 15.9 Å². The molecule has 7 nitrogen and oxygen atoms in total. The third-order valence-electron chi connectivity index (χ3n) is 3.65. The first-order valence-electron chi connectivity index (χ1n) is 7.29. The van der Waals surface area contributed by atoms with Gasteiger partial charge in [-0.1, -0.05) is 6.92 Å². The second-order valence-corrected chi connectivity index (χ2v) is 7.21.